The number of piperidine rings is 1. The molecule has 2 aromatic rings. The number of amides is 1. The fourth-order valence-corrected chi connectivity index (χ4v) is 4.29. The first-order chi connectivity index (χ1) is 15.9. The zero-order chi connectivity index (χ0) is 24.7. The minimum absolute atomic E-state index is 0.0130. The summed E-state index contributed by atoms with van der Waals surface area (Å²) in [4.78, 5) is 19.0. The van der Waals surface area contributed by atoms with Crippen molar-refractivity contribution < 1.29 is 32.2 Å². The standard InChI is InChI=1S/C25H29F3N2O4/c1-16-11-17(5-6-19(16)32-14-23(2,3)4)22(31)30-10-8-24(21(13-30)33-15-34-24)20-12-18(7-9-29-20)25(26,27)28/h5-7,9,11-12,21H,8,10,13-15H2,1-4H3. The summed E-state index contributed by atoms with van der Waals surface area (Å²) >= 11 is 0. The first-order valence-corrected chi connectivity index (χ1v) is 11.2. The highest BCUT2D eigenvalue weighted by Gasteiger charge is 2.52. The van der Waals surface area contributed by atoms with Gasteiger partial charge in [-0.25, -0.2) is 0 Å². The average Bonchev–Trinajstić information content (AvgIpc) is 3.21. The molecule has 2 saturated heterocycles. The Morgan fingerprint density at radius 1 is 1.24 bits per heavy atom. The molecule has 2 aliphatic heterocycles. The number of pyridine rings is 1. The zero-order valence-corrected chi connectivity index (χ0v) is 19.7. The lowest BCUT2D eigenvalue weighted by Gasteiger charge is -2.41. The van der Waals surface area contributed by atoms with E-state index in [-0.39, 0.29) is 36.8 Å². The van der Waals surface area contributed by atoms with Crippen LogP contribution in [0.5, 0.6) is 5.75 Å². The van der Waals surface area contributed by atoms with Gasteiger partial charge in [0.15, 0.2) is 0 Å². The maximum atomic E-state index is 13.2. The molecule has 34 heavy (non-hydrogen) atoms. The molecule has 2 aliphatic rings. The third-order valence-electron chi connectivity index (χ3n) is 6.14. The number of ether oxygens (including phenoxy) is 3. The molecule has 0 saturated carbocycles. The van der Waals surface area contributed by atoms with E-state index >= 15 is 0 Å². The summed E-state index contributed by atoms with van der Waals surface area (Å²) in [6.07, 6.45) is -3.68. The molecule has 1 aromatic carbocycles. The van der Waals surface area contributed by atoms with Gasteiger partial charge in [-0.1, -0.05) is 20.8 Å². The number of halogens is 3. The van der Waals surface area contributed by atoms with E-state index < -0.39 is 23.4 Å². The van der Waals surface area contributed by atoms with E-state index in [4.69, 9.17) is 14.2 Å². The van der Waals surface area contributed by atoms with Crippen LogP contribution in [0.25, 0.3) is 0 Å². The third-order valence-corrected chi connectivity index (χ3v) is 6.14. The van der Waals surface area contributed by atoms with Crippen molar-refractivity contribution in [2.45, 2.75) is 52.0 Å². The fraction of sp³-hybridized carbons (Fsp3) is 0.520. The Balaban J connectivity index is 1.50. The van der Waals surface area contributed by atoms with Crippen molar-refractivity contribution in [2.75, 3.05) is 26.5 Å². The van der Waals surface area contributed by atoms with Gasteiger partial charge in [-0.3, -0.25) is 9.78 Å². The highest BCUT2D eigenvalue weighted by Crippen LogP contribution is 2.43. The van der Waals surface area contributed by atoms with E-state index in [0.29, 0.717) is 18.7 Å². The third kappa shape index (κ3) is 4.90. The Hall–Kier alpha value is -2.65. The lowest BCUT2D eigenvalue weighted by molar-refractivity contribution is -0.138. The van der Waals surface area contributed by atoms with Gasteiger partial charge in [0.25, 0.3) is 5.91 Å². The molecule has 4 rings (SSSR count). The Labute approximate surface area is 197 Å². The minimum Gasteiger partial charge on any atom is -0.493 e. The van der Waals surface area contributed by atoms with Crippen LogP contribution < -0.4 is 4.74 Å². The number of fused-ring (bicyclic) bond motifs is 1. The van der Waals surface area contributed by atoms with Crippen molar-refractivity contribution in [3.05, 3.63) is 58.9 Å². The van der Waals surface area contributed by atoms with Gasteiger partial charge in [-0.05, 0) is 48.2 Å². The SMILES string of the molecule is Cc1cc(C(=O)N2CCC3(c4cc(C(F)(F)F)ccn4)OCOC3C2)ccc1OCC(C)(C)C. The van der Waals surface area contributed by atoms with Gasteiger partial charge < -0.3 is 19.1 Å². The Morgan fingerprint density at radius 3 is 2.68 bits per heavy atom. The van der Waals surface area contributed by atoms with Gasteiger partial charge in [0.1, 0.15) is 24.2 Å². The van der Waals surface area contributed by atoms with Crippen LogP contribution in [-0.2, 0) is 21.3 Å². The van der Waals surface area contributed by atoms with Crippen molar-refractivity contribution in [3.8, 4) is 5.75 Å². The number of likely N-dealkylation sites (tertiary alicyclic amines) is 1. The maximum Gasteiger partial charge on any atom is 0.416 e. The van der Waals surface area contributed by atoms with E-state index in [0.717, 1.165) is 29.6 Å². The number of aryl methyl sites for hydroxylation is 1. The molecule has 1 aromatic heterocycles. The molecule has 0 N–H and O–H groups in total. The Kier molecular flexibility index (Phi) is 6.37. The van der Waals surface area contributed by atoms with Crippen LogP contribution in [-0.4, -0.2) is 48.4 Å². The molecule has 2 fully saturated rings. The monoisotopic (exact) mass is 478 g/mol. The van der Waals surface area contributed by atoms with Crippen molar-refractivity contribution in [3.63, 3.8) is 0 Å². The smallest absolute Gasteiger partial charge is 0.416 e. The predicted molar refractivity (Wildman–Crippen MR) is 118 cm³/mol. The molecule has 0 aliphatic carbocycles. The first-order valence-electron chi connectivity index (χ1n) is 11.2. The van der Waals surface area contributed by atoms with E-state index in [1.54, 1.807) is 23.1 Å². The molecule has 2 atom stereocenters. The molecule has 1 amide bonds. The summed E-state index contributed by atoms with van der Waals surface area (Å²) in [6, 6.07) is 7.27. The van der Waals surface area contributed by atoms with Crippen LogP contribution in [0.1, 0.15) is 54.4 Å². The molecule has 9 heteroatoms. The van der Waals surface area contributed by atoms with Gasteiger partial charge in [-0.15, -0.1) is 0 Å². The van der Waals surface area contributed by atoms with E-state index in [9.17, 15) is 18.0 Å². The van der Waals surface area contributed by atoms with Gasteiger partial charge in [0.05, 0.1) is 24.4 Å². The molecular formula is C25H29F3N2O4. The van der Waals surface area contributed by atoms with Crippen LogP contribution in [0.4, 0.5) is 13.2 Å². The number of hydrogen-bond donors (Lipinski definition) is 0. The normalized spacial score (nSPS) is 23.0. The second kappa shape index (κ2) is 8.85. The number of carbonyl (C=O) groups is 1. The first kappa shape index (κ1) is 24.5. The second-order valence-corrected chi connectivity index (χ2v) is 10.1. The van der Waals surface area contributed by atoms with Crippen molar-refractivity contribution in [2.24, 2.45) is 5.41 Å². The molecule has 2 unspecified atom stereocenters. The minimum atomic E-state index is -4.49. The molecule has 3 heterocycles. The van der Waals surface area contributed by atoms with Gasteiger partial charge in [0.2, 0.25) is 0 Å². The summed E-state index contributed by atoms with van der Waals surface area (Å²) in [7, 11) is 0. The molecule has 184 valence electrons. The largest absolute Gasteiger partial charge is 0.493 e. The van der Waals surface area contributed by atoms with Gasteiger partial charge >= 0.3 is 6.18 Å². The number of alkyl halides is 3. The highest BCUT2D eigenvalue weighted by molar-refractivity contribution is 5.94. The molecule has 6 nitrogen and oxygen atoms in total. The number of benzene rings is 1. The quantitative estimate of drug-likeness (QED) is 0.623. The van der Waals surface area contributed by atoms with Crippen molar-refractivity contribution in [1.82, 2.24) is 9.88 Å². The summed E-state index contributed by atoms with van der Waals surface area (Å²) in [5.74, 6) is 0.554. The summed E-state index contributed by atoms with van der Waals surface area (Å²) in [5, 5.41) is 0. The molecule has 0 bridgehead atoms. The van der Waals surface area contributed by atoms with Crippen LogP contribution in [0.2, 0.25) is 0 Å². The van der Waals surface area contributed by atoms with E-state index in [1.807, 2.05) is 6.92 Å². The summed E-state index contributed by atoms with van der Waals surface area (Å²) in [5.41, 5.74) is -0.339. The molecular weight excluding hydrogens is 449 g/mol. The second-order valence-electron chi connectivity index (χ2n) is 10.1. The molecule has 0 spiro atoms. The number of nitrogens with zero attached hydrogens (tertiary/aromatic N) is 2. The predicted octanol–water partition coefficient (Wildman–Crippen LogP) is 4.95. The van der Waals surface area contributed by atoms with E-state index in [2.05, 4.69) is 25.8 Å². The number of carbonyl (C=O) groups excluding carboxylic acids is 1. The summed E-state index contributed by atoms with van der Waals surface area (Å²) < 4.78 is 57.1. The van der Waals surface area contributed by atoms with Crippen molar-refractivity contribution >= 4 is 5.91 Å². The Bertz CT molecular complexity index is 1070. The lowest BCUT2D eigenvalue weighted by Crippen LogP contribution is -2.54. The van der Waals surface area contributed by atoms with Gasteiger partial charge in [0, 0.05) is 24.7 Å². The fourth-order valence-electron chi connectivity index (χ4n) is 4.29. The van der Waals surface area contributed by atoms with Crippen LogP contribution in [0, 0.1) is 12.3 Å². The molecule has 0 radical (unpaired) electrons. The van der Waals surface area contributed by atoms with E-state index in [1.165, 1.54) is 0 Å². The van der Waals surface area contributed by atoms with Crippen molar-refractivity contribution in [1.29, 1.82) is 0 Å². The van der Waals surface area contributed by atoms with Crippen LogP contribution in [0.15, 0.2) is 36.5 Å². The van der Waals surface area contributed by atoms with Gasteiger partial charge in [-0.2, -0.15) is 13.2 Å². The number of aromatic nitrogens is 1. The lowest BCUT2D eigenvalue weighted by atomic mass is 9.84. The average molecular weight is 479 g/mol. The highest BCUT2D eigenvalue weighted by atomic mass is 19.4. The maximum absolute atomic E-state index is 13.2. The summed E-state index contributed by atoms with van der Waals surface area (Å²) in [6.45, 7) is 9.13. The number of hydrogen-bond acceptors (Lipinski definition) is 5. The topological polar surface area (TPSA) is 60.9 Å². The van der Waals surface area contributed by atoms with Crippen LogP contribution >= 0.6 is 0 Å². The Morgan fingerprint density at radius 2 is 2.00 bits per heavy atom. The zero-order valence-electron chi connectivity index (χ0n) is 19.7. The van der Waals surface area contributed by atoms with Crippen LogP contribution in [0.3, 0.4) is 0 Å². The number of rotatable bonds is 4.